The lowest BCUT2D eigenvalue weighted by atomic mass is 10.2. The number of benzene rings is 2. The summed E-state index contributed by atoms with van der Waals surface area (Å²) in [6, 6.07) is 16.0. The van der Waals surface area contributed by atoms with Crippen LogP contribution in [0.4, 0.5) is 0 Å². The Morgan fingerprint density at radius 3 is 2.30 bits per heavy atom. The fourth-order valence-electron chi connectivity index (χ4n) is 1.63. The van der Waals surface area contributed by atoms with Crippen LogP contribution in [0.5, 0.6) is 5.75 Å². The summed E-state index contributed by atoms with van der Waals surface area (Å²) in [6.45, 7) is 1.92. The van der Waals surface area contributed by atoms with Gasteiger partial charge < -0.3 is 4.74 Å². The van der Waals surface area contributed by atoms with Crippen molar-refractivity contribution >= 4 is 9.84 Å². The van der Waals surface area contributed by atoms with Crippen LogP contribution >= 0.6 is 0 Å². The van der Waals surface area contributed by atoms with E-state index in [4.69, 9.17) is 4.74 Å². The molecule has 20 heavy (non-hydrogen) atoms. The van der Waals surface area contributed by atoms with Crippen molar-refractivity contribution in [1.29, 1.82) is 0 Å². The van der Waals surface area contributed by atoms with Gasteiger partial charge >= 0.3 is 0 Å². The van der Waals surface area contributed by atoms with Gasteiger partial charge in [-0.3, -0.25) is 0 Å². The van der Waals surface area contributed by atoms with Crippen LogP contribution in [0, 0.1) is 6.92 Å². The van der Waals surface area contributed by atoms with E-state index in [0.717, 1.165) is 5.56 Å². The fourth-order valence-corrected chi connectivity index (χ4v) is 2.71. The maximum Gasteiger partial charge on any atom is 0.182 e. The Morgan fingerprint density at radius 2 is 1.65 bits per heavy atom. The van der Waals surface area contributed by atoms with Gasteiger partial charge in [0.15, 0.2) is 9.84 Å². The molecule has 0 heterocycles. The third-order valence-corrected chi connectivity index (χ3v) is 4.36. The van der Waals surface area contributed by atoms with Gasteiger partial charge in [-0.2, -0.15) is 0 Å². The average Bonchev–Trinajstić information content (AvgIpc) is 2.45. The molecule has 0 aliphatic heterocycles. The Balaban J connectivity index is 1.97. The van der Waals surface area contributed by atoms with E-state index in [2.05, 4.69) is 0 Å². The van der Waals surface area contributed by atoms with Crippen molar-refractivity contribution in [3.8, 4) is 5.75 Å². The molecule has 0 atom stereocenters. The second-order valence-electron chi connectivity index (χ2n) is 4.40. The molecule has 0 N–H and O–H groups in total. The third kappa shape index (κ3) is 3.96. The van der Waals surface area contributed by atoms with Crippen molar-refractivity contribution in [1.82, 2.24) is 0 Å². The van der Waals surface area contributed by atoms with Crippen LogP contribution in [-0.2, 0) is 9.84 Å². The summed E-state index contributed by atoms with van der Waals surface area (Å²) in [5.74, 6) is 0.597. The molecule has 0 amide bonds. The van der Waals surface area contributed by atoms with E-state index in [1.165, 1.54) is 12.3 Å². The van der Waals surface area contributed by atoms with Gasteiger partial charge in [-0.1, -0.05) is 35.9 Å². The van der Waals surface area contributed by atoms with Crippen molar-refractivity contribution in [3.63, 3.8) is 0 Å². The lowest BCUT2D eigenvalue weighted by molar-refractivity contribution is 0.480. The van der Waals surface area contributed by atoms with E-state index in [9.17, 15) is 8.42 Å². The molecule has 2 rings (SSSR count). The average molecular weight is 288 g/mol. The number of sulfone groups is 1. The summed E-state index contributed by atoms with van der Waals surface area (Å²) in [5, 5.41) is 0. The number of para-hydroxylation sites is 1. The first-order chi connectivity index (χ1) is 9.58. The SMILES string of the molecule is Cc1ccc(S(=O)(=O)C/C=C/Oc2ccccc2)cc1. The molecule has 0 bridgehead atoms. The monoisotopic (exact) mass is 288 g/mol. The zero-order chi connectivity index (χ0) is 14.4. The Bertz CT molecular complexity index is 671. The highest BCUT2D eigenvalue weighted by Gasteiger charge is 2.11. The first kappa shape index (κ1) is 14.3. The van der Waals surface area contributed by atoms with Crippen LogP contribution in [-0.4, -0.2) is 14.2 Å². The minimum Gasteiger partial charge on any atom is -0.465 e. The number of hydrogen-bond acceptors (Lipinski definition) is 3. The van der Waals surface area contributed by atoms with Crippen molar-refractivity contribution in [2.24, 2.45) is 0 Å². The summed E-state index contributed by atoms with van der Waals surface area (Å²) >= 11 is 0. The van der Waals surface area contributed by atoms with Gasteiger partial charge in [0.25, 0.3) is 0 Å². The van der Waals surface area contributed by atoms with Crippen LogP contribution in [0.15, 0.2) is 71.8 Å². The Kier molecular flexibility index (Phi) is 4.58. The van der Waals surface area contributed by atoms with Crippen LogP contribution in [0.25, 0.3) is 0 Å². The highest BCUT2D eigenvalue weighted by Crippen LogP contribution is 2.13. The lowest BCUT2D eigenvalue weighted by Gasteiger charge is -2.02. The van der Waals surface area contributed by atoms with E-state index in [1.54, 1.807) is 36.4 Å². The molecular formula is C16H16O3S. The Morgan fingerprint density at radius 1 is 1.00 bits per heavy atom. The molecular weight excluding hydrogens is 272 g/mol. The molecule has 2 aromatic rings. The lowest BCUT2D eigenvalue weighted by Crippen LogP contribution is -2.04. The second kappa shape index (κ2) is 6.39. The first-order valence-corrected chi connectivity index (χ1v) is 7.89. The predicted molar refractivity (Wildman–Crippen MR) is 79.4 cm³/mol. The van der Waals surface area contributed by atoms with E-state index < -0.39 is 9.84 Å². The zero-order valence-electron chi connectivity index (χ0n) is 11.2. The van der Waals surface area contributed by atoms with Gasteiger partial charge in [-0.05, 0) is 37.3 Å². The van der Waals surface area contributed by atoms with Gasteiger partial charge in [0, 0.05) is 0 Å². The van der Waals surface area contributed by atoms with Crippen molar-refractivity contribution < 1.29 is 13.2 Å². The minimum atomic E-state index is -3.30. The van der Waals surface area contributed by atoms with Crippen molar-refractivity contribution in [2.45, 2.75) is 11.8 Å². The molecule has 0 aliphatic rings. The molecule has 0 aromatic heterocycles. The first-order valence-electron chi connectivity index (χ1n) is 6.24. The minimum absolute atomic E-state index is 0.0805. The van der Waals surface area contributed by atoms with Crippen molar-refractivity contribution in [2.75, 3.05) is 5.75 Å². The molecule has 0 spiro atoms. The third-order valence-electron chi connectivity index (χ3n) is 2.74. The maximum absolute atomic E-state index is 12.0. The molecule has 2 aromatic carbocycles. The van der Waals surface area contributed by atoms with E-state index in [-0.39, 0.29) is 5.75 Å². The highest BCUT2D eigenvalue weighted by molar-refractivity contribution is 7.91. The zero-order valence-corrected chi connectivity index (χ0v) is 12.0. The van der Waals surface area contributed by atoms with Crippen molar-refractivity contribution in [3.05, 3.63) is 72.5 Å². The highest BCUT2D eigenvalue weighted by atomic mass is 32.2. The van der Waals surface area contributed by atoms with Gasteiger partial charge in [0.2, 0.25) is 0 Å². The molecule has 0 radical (unpaired) electrons. The molecule has 3 nitrogen and oxygen atoms in total. The second-order valence-corrected chi connectivity index (χ2v) is 6.43. The van der Waals surface area contributed by atoms with Gasteiger partial charge in [-0.15, -0.1) is 0 Å². The summed E-state index contributed by atoms with van der Waals surface area (Å²) in [7, 11) is -3.30. The van der Waals surface area contributed by atoms with Crippen LogP contribution in [0.3, 0.4) is 0 Å². The summed E-state index contributed by atoms with van der Waals surface area (Å²) in [6.07, 6.45) is 2.91. The largest absolute Gasteiger partial charge is 0.465 e. The van der Waals surface area contributed by atoms with E-state index >= 15 is 0 Å². The number of aryl methyl sites for hydroxylation is 1. The molecule has 0 fully saturated rings. The maximum atomic E-state index is 12.0. The topological polar surface area (TPSA) is 43.4 Å². The molecule has 0 aliphatic carbocycles. The van der Waals surface area contributed by atoms with Gasteiger partial charge in [0.05, 0.1) is 16.9 Å². The Hall–Kier alpha value is -2.07. The molecule has 0 unspecified atom stereocenters. The van der Waals surface area contributed by atoms with E-state index in [1.807, 2.05) is 25.1 Å². The van der Waals surface area contributed by atoms with Gasteiger partial charge in [0.1, 0.15) is 5.75 Å². The molecule has 4 heteroatoms. The molecule has 0 saturated carbocycles. The van der Waals surface area contributed by atoms with Crippen LogP contribution in [0.2, 0.25) is 0 Å². The smallest absolute Gasteiger partial charge is 0.182 e. The fraction of sp³-hybridized carbons (Fsp3) is 0.125. The number of ether oxygens (including phenoxy) is 1. The van der Waals surface area contributed by atoms with E-state index in [0.29, 0.717) is 10.6 Å². The Labute approximate surface area is 119 Å². The summed E-state index contributed by atoms with van der Waals surface area (Å²) < 4.78 is 29.4. The standard InChI is InChI=1S/C16H16O3S/c1-14-8-10-16(11-9-14)20(17,18)13-5-12-19-15-6-3-2-4-7-15/h2-12H,13H2,1H3/b12-5+. The van der Waals surface area contributed by atoms with Crippen LogP contribution in [0.1, 0.15) is 5.56 Å². The summed E-state index contributed by atoms with van der Waals surface area (Å²) in [4.78, 5) is 0.326. The predicted octanol–water partition coefficient (Wildman–Crippen LogP) is 3.36. The quantitative estimate of drug-likeness (QED) is 0.792. The molecule has 0 saturated heterocycles. The number of hydrogen-bond donors (Lipinski definition) is 0. The summed E-state index contributed by atoms with van der Waals surface area (Å²) in [5.41, 5.74) is 1.03. The van der Waals surface area contributed by atoms with Gasteiger partial charge in [-0.25, -0.2) is 8.42 Å². The molecule has 104 valence electrons. The number of rotatable bonds is 5. The normalized spacial score (nSPS) is 11.7. The van der Waals surface area contributed by atoms with Crippen LogP contribution < -0.4 is 4.74 Å².